The molecule has 1 heterocycles. The van der Waals surface area contributed by atoms with Gasteiger partial charge in [-0.2, -0.15) is 0 Å². The molecule has 0 fully saturated rings. The second kappa shape index (κ2) is 7.05. The summed E-state index contributed by atoms with van der Waals surface area (Å²) in [6.07, 6.45) is 4.02. The summed E-state index contributed by atoms with van der Waals surface area (Å²) in [5.74, 6) is 1.70. The number of rotatable bonds is 5. The van der Waals surface area contributed by atoms with Gasteiger partial charge in [-0.25, -0.2) is 4.98 Å². The van der Waals surface area contributed by atoms with E-state index in [2.05, 4.69) is 28.2 Å². The molecule has 25 heavy (non-hydrogen) atoms. The molecule has 0 spiro atoms. The number of H-pyrrole nitrogens is 1. The van der Waals surface area contributed by atoms with Gasteiger partial charge in [0, 0.05) is 0 Å². The maximum absolute atomic E-state index is 5.88. The van der Waals surface area contributed by atoms with Crippen molar-refractivity contribution in [1.82, 2.24) is 9.97 Å². The monoisotopic (exact) mass is 326 g/mol. The summed E-state index contributed by atoms with van der Waals surface area (Å²) in [4.78, 5) is 7.85. The predicted molar refractivity (Wildman–Crippen MR) is 102 cm³/mol. The van der Waals surface area contributed by atoms with E-state index in [1.165, 1.54) is 0 Å². The van der Waals surface area contributed by atoms with Gasteiger partial charge in [-0.05, 0) is 41.5 Å². The third-order valence-electron chi connectivity index (χ3n) is 3.95. The number of nitrogens with zero attached hydrogens (tertiary/aromatic N) is 1. The molecule has 3 nitrogen and oxygen atoms in total. The molecular formula is C22H18N2O. The van der Waals surface area contributed by atoms with Crippen molar-refractivity contribution in [3.8, 4) is 5.75 Å². The van der Waals surface area contributed by atoms with Crippen molar-refractivity contribution in [3.63, 3.8) is 0 Å². The lowest BCUT2D eigenvalue weighted by atomic mass is 10.2. The van der Waals surface area contributed by atoms with Gasteiger partial charge in [-0.3, -0.25) is 0 Å². The van der Waals surface area contributed by atoms with Crippen LogP contribution in [0.4, 0.5) is 0 Å². The Balaban J connectivity index is 1.47. The van der Waals surface area contributed by atoms with Gasteiger partial charge in [0.15, 0.2) is 0 Å². The smallest absolute Gasteiger partial charge is 0.131 e. The molecule has 0 saturated carbocycles. The molecule has 0 saturated heterocycles. The van der Waals surface area contributed by atoms with Crippen molar-refractivity contribution >= 4 is 23.2 Å². The maximum atomic E-state index is 5.88. The third kappa shape index (κ3) is 3.78. The van der Waals surface area contributed by atoms with Crippen LogP contribution in [0.3, 0.4) is 0 Å². The predicted octanol–water partition coefficient (Wildman–Crippen LogP) is 5.31. The SMILES string of the molecule is C(=C\c1nc2ccccc2[nH]1)/c1cccc(OCc2ccccc2)c1. The van der Waals surface area contributed by atoms with Gasteiger partial charge >= 0.3 is 0 Å². The van der Waals surface area contributed by atoms with Gasteiger partial charge < -0.3 is 9.72 Å². The van der Waals surface area contributed by atoms with Crippen molar-refractivity contribution in [2.24, 2.45) is 0 Å². The minimum absolute atomic E-state index is 0.567. The quantitative estimate of drug-likeness (QED) is 0.539. The molecule has 0 unspecified atom stereocenters. The Morgan fingerprint density at radius 3 is 2.56 bits per heavy atom. The van der Waals surface area contributed by atoms with Crippen molar-refractivity contribution < 1.29 is 4.74 Å². The highest BCUT2D eigenvalue weighted by atomic mass is 16.5. The van der Waals surface area contributed by atoms with Crippen molar-refractivity contribution in [2.75, 3.05) is 0 Å². The highest BCUT2D eigenvalue weighted by Gasteiger charge is 1.99. The number of aromatic nitrogens is 2. The summed E-state index contributed by atoms with van der Waals surface area (Å²) in [6.45, 7) is 0.567. The number of ether oxygens (including phenoxy) is 1. The lowest BCUT2D eigenvalue weighted by Crippen LogP contribution is -1.94. The molecule has 4 aromatic rings. The summed E-state index contributed by atoms with van der Waals surface area (Å²) < 4.78 is 5.88. The average molecular weight is 326 g/mol. The van der Waals surface area contributed by atoms with Crippen LogP contribution in [-0.4, -0.2) is 9.97 Å². The minimum Gasteiger partial charge on any atom is -0.489 e. The van der Waals surface area contributed by atoms with Crippen LogP contribution in [-0.2, 0) is 6.61 Å². The molecule has 0 aliphatic carbocycles. The number of nitrogens with one attached hydrogen (secondary N) is 1. The van der Waals surface area contributed by atoms with Gasteiger partial charge in [0.1, 0.15) is 18.2 Å². The Morgan fingerprint density at radius 1 is 0.840 bits per heavy atom. The van der Waals surface area contributed by atoms with E-state index in [1.54, 1.807) is 0 Å². The van der Waals surface area contributed by atoms with Crippen LogP contribution in [0, 0.1) is 0 Å². The molecule has 3 aromatic carbocycles. The van der Waals surface area contributed by atoms with Crippen molar-refractivity contribution in [3.05, 3.63) is 95.8 Å². The number of aromatic amines is 1. The van der Waals surface area contributed by atoms with Crippen LogP contribution in [0.2, 0.25) is 0 Å². The summed E-state index contributed by atoms with van der Waals surface area (Å²) >= 11 is 0. The van der Waals surface area contributed by atoms with Crippen LogP contribution in [0.15, 0.2) is 78.9 Å². The Morgan fingerprint density at radius 2 is 1.68 bits per heavy atom. The van der Waals surface area contributed by atoms with Crippen LogP contribution in [0.5, 0.6) is 5.75 Å². The first-order valence-electron chi connectivity index (χ1n) is 8.26. The summed E-state index contributed by atoms with van der Waals surface area (Å²) in [7, 11) is 0. The zero-order valence-electron chi connectivity index (χ0n) is 13.7. The van der Waals surface area contributed by atoms with Crippen LogP contribution < -0.4 is 4.74 Å². The van der Waals surface area contributed by atoms with Gasteiger partial charge in [0.2, 0.25) is 0 Å². The first kappa shape index (κ1) is 15.2. The van der Waals surface area contributed by atoms with E-state index in [-0.39, 0.29) is 0 Å². The molecular weight excluding hydrogens is 308 g/mol. The molecule has 0 amide bonds. The van der Waals surface area contributed by atoms with E-state index >= 15 is 0 Å². The maximum Gasteiger partial charge on any atom is 0.131 e. The standard InChI is InChI=1S/C22H18N2O/c1-2-7-18(8-3-1)16-25-19-10-6-9-17(15-19)13-14-22-23-20-11-4-5-12-21(20)24-22/h1-15H,16H2,(H,23,24)/b14-13+. The second-order valence-corrected chi connectivity index (χ2v) is 5.82. The van der Waals surface area contributed by atoms with Crippen LogP contribution >= 0.6 is 0 Å². The third-order valence-corrected chi connectivity index (χ3v) is 3.95. The number of fused-ring (bicyclic) bond motifs is 1. The number of benzene rings is 3. The highest BCUT2D eigenvalue weighted by molar-refractivity contribution is 5.78. The molecule has 0 atom stereocenters. The normalized spacial score (nSPS) is 11.2. The minimum atomic E-state index is 0.567. The van der Waals surface area contributed by atoms with Gasteiger partial charge in [0.25, 0.3) is 0 Å². The van der Waals surface area contributed by atoms with Crippen molar-refractivity contribution in [2.45, 2.75) is 6.61 Å². The second-order valence-electron chi connectivity index (χ2n) is 5.82. The van der Waals surface area contributed by atoms with E-state index in [0.717, 1.165) is 33.7 Å². The van der Waals surface area contributed by atoms with Gasteiger partial charge in [-0.1, -0.05) is 60.7 Å². The summed E-state index contributed by atoms with van der Waals surface area (Å²) in [5.41, 5.74) is 4.25. The first-order chi connectivity index (χ1) is 12.4. The first-order valence-corrected chi connectivity index (χ1v) is 8.26. The Labute approximate surface area is 146 Å². The molecule has 122 valence electrons. The zero-order chi connectivity index (χ0) is 16.9. The van der Waals surface area contributed by atoms with E-state index in [9.17, 15) is 0 Å². The molecule has 0 radical (unpaired) electrons. The highest BCUT2D eigenvalue weighted by Crippen LogP contribution is 2.18. The Bertz CT molecular complexity index is 970. The number of para-hydroxylation sites is 2. The molecule has 1 aromatic heterocycles. The van der Waals surface area contributed by atoms with Gasteiger partial charge in [0.05, 0.1) is 11.0 Å². The summed E-state index contributed by atoms with van der Waals surface area (Å²) in [5, 5.41) is 0. The Kier molecular flexibility index (Phi) is 4.29. The number of hydrogen-bond acceptors (Lipinski definition) is 2. The molecule has 0 aliphatic heterocycles. The molecule has 3 heteroatoms. The fourth-order valence-electron chi connectivity index (χ4n) is 2.68. The molecule has 1 N–H and O–H groups in total. The van der Waals surface area contributed by atoms with E-state index < -0.39 is 0 Å². The lowest BCUT2D eigenvalue weighted by molar-refractivity contribution is 0.306. The van der Waals surface area contributed by atoms with E-state index in [4.69, 9.17) is 4.74 Å². The number of hydrogen-bond donors (Lipinski definition) is 1. The van der Waals surface area contributed by atoms with Crippen LogP contribution in [0.25, 0.3) is 23.2 Å². The number of imidazole rings is 1. The topological polar surface area (TPSA) is 37.9 Å². The van der Waals surface area contributed by atoms with Gasteiger partial charge in [-0.15, -0.1) is 0 Å². The molecule has 0 aliphatic rings. The Hall–Kier alpha value is -3.33. The van der Waals surface area contributed by atoms with Crippen LogP contribution in [0.1, 0.15) is 17.0 Å². The fourth-order valence-corrected chi connectivity index (χ4v) is 2.68. The van der Waals surface area contributed by atoms with E-state index in [1.807, 2.05) is 72.8 Å². The molecule has 0 bridgehead atoms. The lowest BCUT2D eigenvalue weighted by Gasteiger charge is -2.06. The largest absolute Gasteiger partial charge is 0.489 e. The average Bonchev–Trinajstić information content (AvgIpc) is 3.09. The summed E-state index contributed by atoms with van der Waals surface area (Å²) in [6, 6.07) is 26.2. The molecule has 4 rings (SSSR count). The van der Waals surface area contributed by atoms with Crippen molar-refractivity contribution in [1.29, 1.82) is 0 Å². The zero-order valence-corrected chi connectivity index (χ0v) is 13.7. The fraction of sp³-hybridized carbons (Fsp3) is 0.0455. The van der Waals surface area contributed by atoms with E-state index in [0.29, 0.717) is 6.61 Å².